The normalized spacial score (nSPS) is 11.1. The standard InChI is InChI=1S/C12H9BrFN3O2S2/c13-8-6-7(14)3-4-9(8)17-21(18,19)10-2-1-5-16-11(10)12(15)20/h1-6,17H,(H2,15,20). The fraction of sp³-hybridized carbons (Fsp3) is 0. The molecule has 1 heterocycles. The molecule has 1 aromatic carbocycles. The van der Waals surface area contributed by atoms with Gasteiger partial charge in [0.15, 0.2) is 0 Å². The molecule has 0 amide bonds. The van der Waals surface area contributed by atoms with E-state index >= 15 is 0 Å². The van der Waals surface area contributed by atoms with Crippen molar-refractivity contribution in [3.63, 3.8) is 0 Å². The molecule has 2 aromatic rings. The lowest BCUT2D eigenvalue weighted by Gasteiger charge is -2.12. The molecule has 0 unspecified atom stereocenters. The quantitative estimate of drug-likeness (QED) is 0.784. The monoisotopic (exact) mass is 389 g/mol. The van der Waals surface area contributed by atoms with Crippen LogP contribution in [0.2, 0.25) is 0 Å². The molecule has 0 aliphatic carbocycles. The van der Waals surface area contributed by atoms with Crippen LogP contribution in [-0.4, -0.2) is 18.4 Å². The summed E-state index contributed by atoms with van der Waals surface area (Å²) in [5, 5.41) is 0. The van der Waals surface area contributed by atoms with E-state index in [-0.39, 0.29) is 25.7 Å². The molecule has 21 heavy (non-hydrogen) atoms. The Balaban J connectivity index is 2.46. The summed E-state index contributed by atoms with van der Waals surface area (Å²) in [6, 6.07) is 6.38. The topological polar surface area (TPSA) is 85.1 Å². The third-order valence-corrected chi connectivity index (χ3v) is 4.72. The summed E-state index contributed by atoms with van der Waals surface area (Å²) in [6.07, 6.45) is 1.39. The van der Waals surface area contributed by atoms with Crippen LogP contribution >= 0.6 is 28.1 Å². The maximum absolute atomic E-state index is 13.0. The van der Waals surface area contributed by atoms with Crippen molar-refractivity contribution in [3.05, 3.63) is 52.5 Å². The molecule has 0 radical (unpaired) electrons. The number of rotatable bonds is 4. The van der Waals surface area contributed by atoms with Crippen molar-refractivity contribution in [1.29, 1.82) is 0 Å². The lowest BCUT2D eigenvalue weighted by molar-refractivity contribution is 0.600. The van der Waals surface area contributed by atoms with Crippen molar-refractivity contribution in [1.82, 2.24) is 4.98 Å². The fourth-order valence-electron chi connectivity index (χ4n) is 1.56. The molecular formula is C12H9BrFN3O2S2. The van der Waals surface area contributed by atoms with E-state index in [1.165, 1.54) is 24.4 Å². The average molecular weight is 390 g/mol. The average Bonchev–Trinajstić information content (AvgIpc) is 2.42. The number of anilines is 1. The van der Waals surface area contributed by atoms with Gasteiger partial charge < -0.3 is 5.73 Å². The largest absolute Gasteiger partial charge is 0.388 e. The summed E-state index contributed by atoms with van der Waals surface area (Å²) in [6.45, 7) is 0. The molecule has 5 nitrogen and oxygen atoms in total. The zero-order chi connectivity index (χ0) is 15.6. The SMILES string of the molecule is NC(=S)c1ncccc1S(=O)(=O)Nc1ccc(F)cc1Br. The number of pyridine rings is 1. The highest BCUT2D eigenvalue weighted by atomic mass is 79.9. The Morgan fingerprint density at radius 2 is 2.10 bits per heavy atom. The van der Waals surface area contributed by atoms with E-state index in [1.54, 1.807) is 0 Å². The lowest BCUT2D eigenvalue weighted by atomic mass is 10.3. The van der Waals surface area contributed by atoms with E-state index < -0.39 is 15.8 Å². The van der Waals surface area contributed by atoms with E-state index in [4.69, 9.17) is 18.0 Å². The summed E-state index contributed by atoms with van der Waals surface area (Å²) in [5.74, 6) is -0.491. The van der Waals surface area contributed by atoms with Gasteiger partial charge in [-0.25, -0.2) is 12.8 Å². The number of sulfonamides is 1. The number of thiocarbonyl (C=S) groups is 1. The van der Waals surface area contributed by atoms with Crippen LogP contribution in [0.1, 0.15) is 5.69 Å². The molecule has 110 valence electrons. The van der Waals surface area contributed by atoms with E-state index in [0.29, 0.717) is 0 Å². The van der Waals surface area contributed by atoms with Crippen molar-refractivity contribution in [3.8, 4) is 0 Å². The number of hydrogen-bond donors (Lipinski definition) is 2. The number of nitrogens with one attached hydrogen (secondary N) is 1. The van der Waals surface area contributed by atoms with Gasteiger partial charge in [0.25, 0.3) is 10.0 Å². The number of benzene rings is 1. The predicted octanol–water partition coefficient (Wildman–Crippen LogP) is 2.42. The van der Waals surface area contributed by atoms with Crippen LogP contribution in [0.3, 0.4) is 0 Å². The molecule has 2 rings (SSSR count). The molecule has 0 aliphatic heterocycles. The van der Waals surface area contributed by atoms with E-state index in [2.05, 4.69) is 25.6 Å². The van der Waals surface area contributed by atoms with Crippen LogP contribution in [0, 0.1) is 5.82 Å². The summed E-state index contributed by atoms with van der Waals surface area (Å²) in [4.78, 5) is 3.59. The Hall–Kier alpha value is -1.58. The van der Waals surface area contributed by atoms with Gasteiger partial charge in [-0.15, -0.1) is 0 Å². The first-order valence-corrected chi connectivity index (χ1v) is 8.22. The van der Waals surface area contributed by atoms with Crippen molar-refractivity contribution >= 4 is 48.8 Å². The van der Waals surface area contributed by atoms with Gasteiger partial charge in [-0.05, 0) is 46.3 Å². The second-order valence-electron chi connectivity index (χ2n) is 3.94. The van der Waals surface area contributed by atoms with Gasteiger partial charge >= 0.3 is 0 Å². The molecule has 9 heteroatoms. The first-order valence-electron chi connectivity index (χ1n) is 5.54. The molecule has 0 saturated carbocycles. The highest BCUT2D eigenvalue weighted by Crippen LogP contribution is 2.26. The van der Waals surface area contributed by atoms with Crippen molar-refractivity contribution in [2.24, 2.45) is 5.73 Å². The Kier molecular flexibility index (Phi) is 4.55. The van der Waals surface area contributed by atoms with Crippen LogP contribution in [0.4, 0.5) is 10.1 Å². The lowest BCUT2D eigenvalue weighted by Crippen LogP contribution is -2.21. The van der Waals surface area contributed by atoms with Gasteiger partial charge in [-0.3, -0.25) is 9.71 Å². The van der Waals surface area contributed by atoms with Crippen molar-refractivity contribution in [2.45, 2.75) is 4.90 Å². The Morgan fingerprint density at radius 3 is 2.71 bits per heavy atom. The number of hydrogen-bond acceptors (Lipinski definition) is 4. The van der Waals surface area contributed by atoms with Crippen LogP contribution in [-0.2, 0) is 10.0 Å². The Bertz CT molecular complexity index is 812. The molecule has 3 N–H and O–H groups in total. The third kappa shape index (κ3) is 3.55. The molecule has 0 fully saturated rings. The van der Waals surface area contributed by atoms with Crippen molar-refractivity contribution in [2.75, 3.05) is 4.72 Å². The second kappa shape index (κ2) is 6.04. The smallest absolute Gasteiger partial charge is 0.264 e. The van der Waals surface area contributed by atoms with Gasteiger partial charge in [0.1, 0.15) is 21.4 Å². The summed E-state index contributed by atoms with van der Waals surface area (Å²) in [5.41, 5.74) is 5.66. The molecule has 0 bridgehead atoms. The molecule has 0 aliphatic rings. The fourth-order valence-corrected chi connectivity index (χ4v) is 3.63. The number of halogens is 2. The van der Waals surface area contributed by atoms with Gasteiger partial charge in [0.05, 0.1) is 5.69 Å². The Morgan fingerprint density at radius 1 is 1.38 bits per heavy atom. The molecule has 0 atom stereocenters. The summed E-state index contributed by atoms with van der Waals surface area (Å²) < 4.78 is 40.4. The Labute approximate surface area is 134 Å². The maximum atomic E-state index is 13.0. The first kappa shape index (κ1) is 15.8. The van der Waals surface area contributed by atoms with Crippen molar-refractivity contribution < 1.29 is 12.8 Å². The molecule has 1 aromatic heterocycles. The minimum absolute atomic E-state index is 0.00164. The zero-order valence-electron chi connectivity index (χ0n) is 10.4. The summed E-state index contributed by atoms with van der Waals surface area (Å²) >= 11 is 7.88. The van der Waals surface area contributed by atoms with E-state index in [1.807, 2.05) is 0 Å². The number of aromatic nitrogens is 1. The first-order chi connectivity index (χ1) is 9.81. The second-order valence-corrected chi connectivity index (χ2v) is 6.89. The minimum Gasteiger partial charge on any atom is -0.388 e. The van der Waals surface area contributed by atoms with Gasteiger partial charge in [-0.2, -0.15) is 0 Å². The van der Waals surface area contributed by atoms with Crippen LogP contribution in [0.5, 0.6) is 0 Å². The number of nitrogens with two attached hydrogens (primary N) is 1. The van der Waals surface area contributed by atoms with E-state index in [0.717, 1.165) is 12.1 Å². The molecule has 0 spiro atoms. The number of nitrogens with zero attached hydrogens (tertiary/aromatic N) is 1. The van der Waals surface area contributed by atoms with E-state index in [9.17, 15) is 12.8 Å². The van der Waals surface area contributed by atoms with Crippen LogP contribution in [0.25, 0.3) is 0 Å². The van der Waals surface area contributed by atoms with Crippen LogP contribution < -0.4 is 10.5 Å². The molecular weight excluding hydrogens is 381 g/mol. The predicted molar refractivity (Wildman–Crippen MR) is 85.0 cm³/mol. The zero-order valence-corrected chi connectivity index (χ0v) is 13.6. The molecule has 0 saturated heterocycles. The van der Waals surface area contributed by atoms with Crippen LogP contribution in [0.15, 0.2) is 45.9 Å². The summed E-state index contributed by atoms with van der Waals surface area (Å²) in [7, 11) is -3.96. The van der Waals surface area contributed by atoms with Gasteiger partial charge in [-0.1, -0.05) is 12.2 Å². The highest BCUT2D eigenvalue weighted by molar-refractivity contribution is 9.10. The van der Waals surface area contributed by atoms with Gasteiger partial charge in [0, 0.05) is 10.7 Å². The van der Waals surface area contributed by atoms with Gasteiger partial charge in [0.2, 0.25) is 0 Å². The minimum atomic E-state index is -3.96. The third-order valence-electron chi connectivity index (χ3n) is 2.47. The maximum Gasteiger partial charge on any atom is 0.264 e. The highest BCUT2D eigenvalue weighted by Gasteiger charge is 2.21.